The standard InChI is InChI=1S/C24H21FN6O4S2/c1-13-3-10-21(36-13)37(35)31(29-15-4-5-15)24(34)27-14-6-8-16(9-7-14)30-22(32)17-11-18(25)20(26-2)12-19(17)28-23(30)33/h3-4,6-12,26,29H,5H2,1-2H3,(H,27,34)(H,28,33). The summed E-state index contributed by atoms with van der Waals surface area (Å²) in [7, 11) is -0.250. The minimum atomic E-state index is -1.78. The predicted octanol–water partition coefficient (Wildman–Crippen LogP) is 3.58. The molecule has 1 aliphatic rings. The summed E-state index contributed by atoms with van der Waals surface area (Å²) in [6, 6.07) is 11.2. The molecule has 4 aromatic rings. The highest BCUT2D eigenvalue weighted by atomic mass is 32.2. The van der Waals surface area contributed by atoms with Crippen molar-refractivity contribution in [2.75, 3.05) is 17.7 Å². The van der Waals surface area contributed by atoms with E-state index in [1.807, 2.05) is 19.1 Å². The van der Waals surface area contributed by atoms with Crippen molar-refractivity contribution in [2.24, 2.45) is 0 Å². The van der Waals surface area contributed by atoms with E-state index in [0.717, 1.165) is 25.6 Å². The topological polar surface area (TPSA) is 128 Å². The highest BCUT2D eigenvalue weighted by molar-refractivity contribution is 7.85. The molecule has 0 radical (unpaired) electrons. The SMILES string of the molecule is CNc1cc2[nH]c(=O)n(-c3ccc(NC(=O)N(NC4=CC4)S(=O)c4ccc(C)s4)cc3)c(=O)c2cc1F. The first-order chi connectivity index (χ1) is 17.7. The van der Waals surface area contributed by atoms with Crippen molar-refractivity contribution in [1.29, 1.82) is 0 Å². The molecule has 0 aliphatic heterocycles. The average molecular weight is 541 g/mol. The van der Waals surface area contributed by atoms with Gasteiger partial charge in [-0.05, 0) is 55.5 Å². The van der Waals surface area contributed by atoms with Crippen molar-refractivity contribution in [3.05, 3.63) is 91.8 Å². The lowest BCUT2D eigenvalue weighted by atomic mass is 10.2. The Bertz CT molecular complexity index is 1710. The van der Waals surface area contributed by atoms with Crippen LogP contribution in [0, 0.1) is 12.7 Å². The summed E-state index contributed by atoms with van der Waals surface area (Å²) in [6.45, 7) is 1.89. The molecule has 190 valence electrons. The number of H-pyrrole nitrogens is 1. The van der Waals surface area contributed by atoms with Crippen molar-refractivity contribution in [1.82, 2.24) is 19.4 Å². The fraction of sp³-hybridized carbons (Fsp3) is 0.125. The van der Waals surface area contributed by atoms with Crippen molar-refractivity contribution in [3.63, 3.8) is 0 Å². The molecular weight excluding hydrogens is 519 g/mol. The fourth-order valence-corrected chi connectivity index (χ4v) is 5.82. The Kier molecular flexibility index (Phi) is 6.39. The van der Waals surface area contributed by atoms with Crippen LogP contribution in [0.25, 0.3) is 16.6 Å². The van der Waals surface area contributed by atoms with E-state index >= 15 is 0 Å². The summed E-state index contributed by atoms with van der Waals surface area (Å²) in [6.07, 6.45) is 2.53. The van der Waals surface area contributed by atoms with E-state index in [9.17, 15) is 23.0 Å². The monoisotopic (exact) mass is 540 g/mol. The highest BCUT2D eigenvalue weighted by Crippen LogP contribution is 2.24. The molecular formula is C24H21FN6O4S2. The van der Waals surface area contributed by atoms with Gasteiger partial charge in [-0.2, -0.15) is 0 Å². The molecule has 13 heteroatoms. The van der Waals surface area contributed by atoms with Crippen molar-refractivity contribution < 1.29 is 13.4 Å². The van der Waals surface area contributed by atoms with Crippen LogP contribution in [-0.2, 0) is 11.0 Å². The maximum atomic E-state index is 14.2. The van der Waals surface area contributed by atoms with E-state index in [1.54, 1.807) is 6.07 Å². The summed E-state index contributed by atoms with van der Waals surface area (Å²) in [5.74, 6) is -0.626. The third-order valence-electron chi connectivity index (χ3n) is 5.52. The first-order valence-corrected chi connectivity index (χ1v) is 13.0. The third kappa shape index (κ3) is 4.90. The van der Waals surface area contributed by atoms with E-state index in [4.69, 9.17) is 0 Å². The Labute approximate surface area is 216 Å². The van der Waals surface area contributed by atoms with Crippen LogP contribution >= 0.6 is 11.3 Å². The number of benzene rings is 2. The fourth-order valence-electron chi connectivity index (χ4n) is 3.57. The Balaban J connectivity index is 1.41. The molecule has 2 aromatic carbocycles. The molecule has 2 aromatic heterocycles. The molecule has 0 saturated carbocycles. The van der Waals surface area contributed by atoms with Crippen LogP contribution in [0.15, 0.2) is 74.1 Å². The van der Waals surface area contributed by atoms with Crippen LogP contribution in [0.4, 0.5) is 20.6 Å². The van der Waals surface area contributed by atoms with Gasteiger partial charge in [-0.25, -0.2) is 22.8 Å². The minimum absolute atomic E-state index is 0.0101. The zero-order valence-electron chi connectivity index (χ0n) is 19.6. The lowest BCUT2D eigenvalue weighted by Gasteiger charge is -2.21. The van der Waals surface area contributed by atoms with Gasteiger partial charge in [-0.3, -0.25) is 10.2 Å². The van der Waals surface area contributed by atoms with Gasteiger partial charge in [0.2, 0.25) is 0 Å². The van der Waals surface area contributed by atoms with Gasteiger partial charge >= 0.3 is 11.7 Å². The van der Waals surface area contributed by atoms with Crippen LogP contribution in [0.2, 0.25) is 0 Å². The lowest BCUT2D eigenvalue weighted by Crippen LogP contribution is -2.44. The van der Waals surface area contributed by atoms with Gasteiger partial charge in [0.1, 0.15) is 10.0 Å². The number of halogens is 1. The summed E-state index contributed by atoms with van der Waals surface area (Å²) >= 11 is 1.33. The molecule has 10 nitrogen and oxygen atoms in total. The molecule has 1 aliphatic carbocycles. The molecule has 0 fully saturated rings. The van der Waals surface area contributed by atoms with Gasteiger partial charge in [-0.1, -0.05) is 6.08 Å². The van der Waals surface area contributed by atoms with Gasteiger partial charge in [0.25, 0.3) is 5.56 Å². The molecule has 5 rings (SSSR count). The number of nitrogens with one attached hydrogen (secondary N) is 4. The molecule has 0 saturated heterocycles. The van der Waals surface area contributed by atoms with E-state index in [1.165, 1.54) is 48.7 Å². The van der Waals surface area contributed by atoms with E-state index in [2.05, 4.69) is 21.0 Å². The summed E-state index contributed by atoms with van der Waals surface area (Å²) < 4.78 is 29.7. The number of fused-ring (bicyclic) bond motifs is 1. The number of anilines is 2. The number of hydrogen-bond donors (Lipinski definition) is 4. The van der Waals surface area contributed by atoms with Crippen LogP contribution in [-0.4, -0.2) is 31.3 Å². The first kappa shape index (κ1) is 24.5. The van der Waals surface area contributed by atoms with Crippen molar-refractivity contribution in [2.45, 2.75) is 17.6 Å². The normalized spacial score (nSPS) is 13.1. The van der Waals surface area contributed by atoms with Gasteiger partial charge in [-0.15, -0.1) is 15.8 Å². The average Bonchev–Trinajstić information content (AvgIpc) is 3.60. The highest BCUT2D eigenvalue weighted by Gasteiger charge is 2.26. The van der Waals surface area contributed by atoms with Crippen LogP contribution in [0.1, 0.15) is 11.3 Å². The number of hydrogen-bond acceptors (Lipinski definition) is 7. The second-order valence-corrected chi connectivity index (χ2v) is 11.0. The summed E-state index contributed by atoms with van der Waals surface area (Å²) in [4.78, 5) is 42.2. The minimum Gasteiger partial charge on any atom is -0.386 e. The lowest BCUT2D eigenvalue weighted by molar-refractivity contribution is 0.230. The quantitative estimate of drug-likeness (QED) is 0.265. The Morgan fingerprint density at radius 3 is 2.51 bits per heavy atom. The smallest absolute Gasteiger partial charge is 0.353 e. The van der Waals surface area contributed by atoms with Gasteiger partial charge in [0.15, 0.2) is 11.0 Å². The molecule has 1 unspecified atom stereocenters. The molecule has 2 heterocycles. The van der Waals surface area contributed by atoms with Gasteiger partial charge < -0.3 is 15.6 Å². The van der Waals surface area contributed by atoms with Crippen molar-refractivity contribution in [3.8, 4) is 5.69 Å². The second-order valence-electron chi connectivity index (χ2n) is 8.13. The Morgan fingerprint density at radius 2 is 1.89 bits per heavy atom. The number of aryl methyl sites for hydroxylation is 1. The number of aromatic nitrogens is 2. The molecule has 37 heavy (non-hydrogen) atoms. The van der Waals surface area contributed by atoms with Gasteiger partial charge in [0, 0.05) is 29.7 Å². The van der Waals surface area contributed by atoms with Crippen LogP contribution < -0.4 is 27.3 Å². The van der Waals surface area contributed by atoms with Crippen LogP contribution in [0.5, 0.6) is 0 Å². The van der Waals surface area contributed by atoms with E-state index in [-0.39, 0.29) is 22.3 Å². The number of nitrogens with zero attached hydrogens (tertiary/aromatic N) is 2. The molecule has 0 spiro atoms. The third-order valence-corrected chi connectivity index (χ3v) is 8.07. The number of amides is 2. The summed E-state index contributed by atoms with van der Waals surface area (Å²) in [5, 5.41) is 5.34. The number of thiophene rings is 1. The van der Waals surface area contributed by atoms with Gasteiger partial charge in [0.05, 0.1) is 22.3 Å². The van der Waals surface area contributed by atoms with Crippen LogP contribution in [0.3, 0.4) is 0 Å². The largest absolute Gasteiger partial charge is 0.386 e. The molecule has 4 N–H and O–H groups in total. The first-order valence-electron chi connectivity index (χ1n) is 11.1. The predicted molar refractivity (Wildman–Crippen MR) is 142 cm³/mol. The van der Waals surface area contributed by atoms with E-state index < -0.39 is 34.1 Å². The number of carbonyl (C=O) groups excluding carboxylic acids is 1. The van der Waals surface area contributed by atoms with E-state index in [0.29, 0.717) is 16.3 Å². The zero-order chi connectivity index (χ0) is 26.3. The Morgan fingerprint density at radius 1 is 1.16 bits per heavy atom. The number of urea groups is 1. The molecule has 0 bridgehead atoms. The second kappa shape index (κ2) is 9.67. The number of aromatic amines is 1. The molecule has 2 amide bonds. The number of carbonyl (C=O) groups is 1. The maximum Gasteiger partial charge on any atom is 0.353 e. The number of rotatable bonds is 7. The molecule has 1 atom stereocenters. The van der Waals surface area contributed by atoms with Crippen molar-refractivity contribution >= 4 is 50.6 Å². The maximum absolute atomic E-state index is 14.2. The summed E-state index contributed by atoms with van der Waals surface area (Å²) in [5.41, 5.74) is 3.18. The number of allylic oxidation sites excluding steroid dienone is 2. The Hall–Kier alpha value is -4.23. The zero-order valence-corrected chi connectivity index (χ0v) is 21.3. The number of hydrazine groups is 1.